The fourth-order valence-electron chi connectivity index (χ4n) is 1.83. The lowest BCUT2D eigenvalue weighted by atomic mass is 10.2. The van der Waals surface area contributed by atoms with E-state index in [4.69, 9.17) is 0 Å². The summed E-state index contributed by atoms with van der Waals surface area (Å²) in [6.07, 6.45) is 5.38. The molecule has 3 aromatic rings. The Kier molecular flexibility index (Phi) is 2.46. The van der Waals surface area contributed by atoms with E-state index in [9.17, 15) is 0 Å². The van der Waals surface area contributed by atoms with Crippen molar-refractivity contribution in [1.29, 1.82) is 0 Å². The van der Waals surface area contributed by atoms with Crippen molar-refractivity contribution in [3.05, 3.63) is 54.7 Å². The van der Waals surface area contributed by atoms with Crippen molar-refractivity contribution in [2.75, 3.05) is 5.32 Å². The van der Waals surface area contributed by atoms with Crippen molar-refractivity contribution in [2.24, 2.45) is 0 Å². The van der Waals surface area contributed by atoms with E-state index in [2.05, 4.69) is 26.3 Å². The minimum atomic E-state index is 0.682. The summed E-state index contributed by atoms with van der Waals surface area (Å²) < 4.78 is 0. The molecule has 1 aromatic carbocycles. The monoisotopic (exact) mass is 224 g/mol. The lowest BCUT2D eigenvalue weighted by Crippen LogP contribution is -2.01. The van der Waals surface area contributed by atoms with Crippen LogP contribution in [0.2, 0.25) is 0 Å². The van der Waals surface area contributed by atoms with Gasteiger partial charge in [0.2, 0.25) is 0 Å². The molecule has 2 heterocycles. The molecule has 4 heteroatoms. The van der Waals surface area contributed by atoms with Gasteiger partial charge in [0, 0.05) is 29.7 Å². The Morgan fingerprint density at radius 1 is 1.06 bits per heavy atom. The van der Waals surface area contributed by atoms with Gasteiger partial charge >= 0.3 is 0 Å². The molecule has 0 aliphatic heterocycles. The number of H-pyrrole nitrogens is 1. The molecule has 4 nitrogen and oxygen atoms in total. The van der Waals surface area contributed by atoms with Crippen molar-refractivity contribution < 1.29 is 0 Å². The molecule has 0 fully saturated rings. The van der Waals surface area contributed by atoms with Crippen LogP contribution >= 0.6 is 0 Å². The van der Waals surface area contributed by atoms with E-state index in [-0.39, 0.29) is 0 Å². The number of hydrogen-bond donors (Lipinski definition) is 2. The van der Waals surface area contributed by atoms with Crippen molar-refractivity contribution in [2.45, 2.75) is 6.54 Å². The number of fused-ring (bicyclic) bond motifs is 1. The SMILES string of the molecule is c1cc(NCc2ncc[nH]2)c2cccnc2c1. The van der Waals surface area contributed by atoms with Crippen molar-refractivity contribution in [3.63, 3.8) is 0 Å². The molecular weight excluding hydrogens is 212 g/mol. The predicted molar refractivity (Wildman–Crippen MR) is 67.7 cm³/mol. The summed E-state index contributed by atoms with van der Waals surface area (Å²) in [5, 5.41) is 4.48. The number of hydrogen-bond acceptors (Lipinski definition) is 3. The molecule has 0 bridgehead atoms. The van der Waals surface area contributed by atoms with Crippen LogP contribution in [-0.4, -0.2) is 15.0 Å². The maximum Gasteiger partial charge on any atom is 0.125 e. The summed E-state index contributed by atoms with van der Waals surface area (Å²) in [7, 11) is 0. The van der Waals surface area contributed by atoms with E-state index in [1.54, 1.807) is 12.4 Å². The van der Waals surface area contributed by atoms with Crippen molar-refractivity contribution in [1.82, 2.24) is 15.0 Å². The Morgan fingerprint density at radius 3 is 2.94 bits per heavy atom. The van der Waals surface area contributed by atoms with Gasteiger partial charge in [-0.15, -0.1) is 0 Å². The number of imidazole rings is 1. The fourth-order valence-corrected chi connectivity index (χ4v) is 1.83. The summed E-state index contributed by atoms with van der Waals surface area (Å²) in [5.41, 5.74) is 2.07. The van der Waals surface area contributed by atoms with E-state index in [1.807, 2.05) is 30.5 Å². The third-order valence-electron chi connectivity index (χ3n) is 2.65. The molecule has 17 heavy (non-hydrogen) atoms. The van der Waals surface area contributed by atoms with Gasteiger partial charge in [0.25, 0.3) is 0 Å². The molecule has 0 saturated carbocycles. The largest absolute Gasteiger partial charge is 0.377 e. The normalized spacial score (nSPS) is 10.6. The Bertz CT molecular complexity index is 611. The maximum atomic E-state index is 4.32. The summed E-state index contributed by atoms with van der Waals surface area (Å²) in [6.45, 7) is 0.682. The summed E-state index contributed by atoms with van der Waals surface area (Å²) in [5.74, 6) is 0.922. The van der Waals surface area contributed by atoms with Gasteiger partial charge in [-0.2, -0.15) is 0 Å². The first-order valence-corrected chi connectivity index (χ1v) is 5.49. The summed E-state index contributed by atoms with van der Waals surface area (Å²) in [4.78, 5) is 11.6. The zero-order valence-electron chi connectivity index (χ0n) is 9.22. The quantitative estimate of drug-likeness (QED) is 0.719. The molecule has 0 spiro atoms. The van der Waals surface area contributed by atoms with Crippen LogP contribution in [0.3, 0.4) is 0 Å². The Morgan fingerprint density at radius 2 is 2.06 bits per heavy atom. The lowest BCUT2D eigenvalue weighted by molar-refractivity contribution is 1.00. The highest BCUT2D eigenvalue weighted by atomic mass is 15.0. The van der Waals surface area contributed by atoms with E-state index < -0.39 is 0 Å². The van der Waals surface area contributed by atoms with Crippen LogP contribution in [0.4, 0.5) is 5.69 Å². The van der Waals surface area contributed by atoms with Gasteiger partial charge in [-0.05, 0) is 24.3 Å². The number of pyridine rings is 1. The number of rotatable bonds is 3. The Labute approximate surface area is 98.7 Å². The first-order valence-electron chi connectivity index (χ1n) is 5.49. The second-order valence-corrected chi connectivity index (χ2v) is 3.77. The van der Waals surface area contributed by atoms with Gasteiger partial charge < -0.3 is 10.3 Å². The first-order chi connectivity index (χ1) is 8.43. The van der Waals surface area contributed by atoms with Crippen LogP contribution in [0.15, 0.2) is 48.9 Å². The Hall–Kier alpha value is -2.36. The van der Waals surface area contributed by atoms with Crippen LogP contribution in [0.5, 0.6) is 0 Å². The highest BCUT2D eigenvalue weighted by molar-refractivity contribution is 5.91. The van der Waals surface area contributed by atoms with Crippen molar-refractivity contribution >= 4 is 16.6 Å². The molecule has 0 atom stereocenters. The fraction of sp³-hybridized carbons (Fsp3) is 0.0769. The van der Waals surface area contributed by atoms with Crippen LogP contribution in [0.25, 0.3) is 10.9 Å². The second-order valence-electron chi connectivity index (χ2n) is 3.77. The molecular formula is C13H12N4. The molecule has 2 N–H and O–H groups in total. The van der Waals surface area contributed by atoms with Crippen LogP contribution in [-0.2, 0) is 6.54 Å². The maximum absolute atomic E-state index is 4.32. The smallest absolute Gasteiger partial charge is 0.125 e. The van der Waals surface area contributed by atoms with E-state index in [0.717, 1.165) is 22.4 Å². The van der Waals surface area contributed by atoms with E-state index in [1.165, 1.54) is 0 Å². The summed E-state index contributed by atoms with van der Waals surface area (Å²) >= 11 is 0. The standard InChI is InChI=1S/C13H12N4/c1-4-11-10(3-2-6-14-11)12(5-1)17-9-13-15-7-8-16-13/h1-8,17H,9H2,(H,15,16). The minimum Gasteiger partial charge on any atom is -0.377 e. The molecule has 0 aliphatic carbocycles. The van der Waals surface area contributed by atoms with Crippen molar-refractivity contribution in [3.8, 4) is 0 Å². The molecule has 3 rings (SSSR count). The van der Waals surface area contributed by atoms with Gasteiger partial charge in [-0.3, -0.25) is 4.98 Å². The molecule has 0 amide bonds. The number of anilines is 1. The average Bonchev–Trinajstić information content (AvgIpc) is 2.89. The number of nitrogens with one attached hydrogen (secondary N) is 2. The van der Waals surface area contributed by atoms with E-state index >= 15 is 0 Å². The number of aromatic amines is 1. The third-order valence-corrected chi connectivity index (χ3v) is 2.65. The second kappa shape index (κ2) is 4.25. The van der Waals surface area contributed by atoms with E-state index in [0.29, 0.717) is 6.54 Å². The van der Waals surface area contributed by atoms with Gasteiger partial charge in [0.15, 0.2) is 0 Å². The number of benzene rings is 1. The Balaban J connectivity index is 1.90. The van der Waals surface area contributed by atoms with Crippen LogP contribution < -0.4 is 5.32 Å². The topological polar surface area (TPSA) is 53.6 Å². The number of aromatic nitrogens is 3. The molecule has 2 aromatic heterocycles. The first kappa shape index (κ1) is 9.84. The molecule has 84 valence electrons. The number of nitrogens with zero attached hydrogens (tertiary/aromatic N) is 2. The zero-order valence-corrected chi connectivity index (χ0v) is 9.22. The molecule has 0 aliphatic rings. The highest BCUT2D eigenvalue weighted by Crippen LogP contribution is 2.21. The minimum absolute atomic E-state index is 0.682. The van der Waals surface area contributed by atoms with Gasteiger partial charge in [0.1, 0.15) is 5.82 Å². The van der Waals surface area contributed by atoms with Crippen LogP contribution in [0, 0.1) is 0 Å². The van der Waals surface area contributed by atoms with Gasteiger partial charge in [0.05, 0.1) is 12.1 Å². The zero-order chi connectivity index (χ0) is 11.5. The lowest BCUT2D eigenvalue weighted by Gasteiger charge is -2.07. The highest BCUT2D eigenvalue weighted by Gasteiger charge is 2.01. The molecule has 0 saturated heterocycles. The predicted octanol–water partition coefficient (Wildman–Crippen LogP) is 2.57. The van der Waals surface area contributed by atoms with Gasteiger partial charge in [-0.1, -0.05) is 6.07 Å². The average molecular weight is 224 g/mol. The summed E-state index contributed by atoms with van der Waals surface area (Å²) in [6, 6.07) is 10.1. The molecule has 0 radical (unpaired) electrons. The molecule has 0 unspecified atom stereocenters. The van der Waals surface area contributed by atoms with Gasteiger partial charge in [-0.25, -0.2) is 4.98 Å². The third kappa shape index (κ3) is 1.97. The van der Waals surface area contributed by atoms with Crippen LogP contribution in [0.1, 0.15) is 5.82 Å².